The molecule has 11 heteroatoms. The molecule has 0 saturated carbocycles. The van der Waals surface area contributed by atoms with Crippen molar-refractivity contribution in [3.05, 3.63) is 65.7 Å². The predicted octanol–water partition coefficient (Wildman–Crippen LogP) is 2.99. The van der Waals surface area contributed by atoms with Crippen LogP contribution in [0.5, 0.6) is 0 Å². The first kappa shape index (κ1) is 26.0. The molecule has 4 N–H and O–H groups in total. The standard InChI is InChI=1S/C20H20FN5O3.2ClH/c1-12-8-14(6-7-22-12)16-10-18(26-25-16)24-20(29)17(23-11-19(27)28)9-13-2-4-15(21)5-3-13;;/h2-8,10,17,23H,9,11H2,1H3,(H,27,28)(H2,24,25,26,29);2*1H/t17-;;/m0../s1. The van der Waals surface area contributed by atoms with Gasteiger partial charge < -0.3 is 10.4 Å². The molecule has 0 aliphatic carbocycles. The minimum atomic E-state index is -1.08. The number of aryl methyl sites for hydroxylation is 1. The molecular formula is C20H22Cl2FN5O3. The highest BCUT2D eigenvalue weighted by Crippen LogP contribution is 2.20. The predicted molar refractivity (Wildman–Crippen MR) is 119 cm³/mol. The third-order valence-corrected chi connectivity index (χ3v) is 4.20. The van der Waals surface area contributed by atoms with E-state index in [1.54, 1.807) is 30.5 Å². The SMILES string of the molecule is Cc1cc(-c2cc(NC(=O)[C@H](Cc3ccc(F)cc3)NCC(=O)O)[nH]n2)ccn1.Cl.Cl. The van der Waals surface area contributed by atoms with Gasteiger partial charge in [-0.2, -0.15) is 5.10 Å². The van der Waals surface area contributed by atoms with Crippen LogP contribution >= 0.6 is 24.8 Å². The van der Waals surface area contributed by atoms with Crippen LogP contribution in [0.15, 0.2) is 48.7 Å². The molecule has 2 heterocycles. The normalized spacial score (nSPS) is 11.0. The second-order valence-corrected chi connectivity index (χ2v) is 6.50. The summed E-state index contributed by atoms with van der Waals surface area (Å²) in [6.45, 7) is 1.48. The van der Waals surface area contributed by atoms with Gasteiger partial charge in [-0.3, -0.25) is 25.0 Å². The number of aromatic amines is 1. The smallest absolute Gasteiger partial charge is 0.317 e. The fourth-order valence-corrected chi connectivity index (χ4v) is 2.78. The highest BCUT2D eigenvalue weighted by atomic mass is 35.5. The number of rotatable bonds is 8. The summed E-state index contributed by atoms with van der Waals surface area (Å²) >= 11 is 0. The van der Waals surface area contributed by atoms with Crippen molar-refractivity contribution in [2.24, 2.45) is 0 Å². The van der Waals surface area contributed by atoms with Crippen LogP contribution in [-0.4, -0.2) is 44.8 Å². The number of hydrogen-bond acceptors (Lipinski definition) is 5. The molecule has 0 saturated heterocycles. The number of H-pyrrole nitrogens is 1. The van der Waals surface area contributed by atoms with E-state index in [9.17, 15) is 14.0 Å². The average molecular weight is 470 g/mol. The third-order valence-electron chi connectivity index (χ3n) is 4.20. The Kier molecular flexibility index (Phi) is 10.1. The number of carbonyl (C=O) groups excluding carboxylic acids is 1. The number of carboxylic acids is 1. The van der Waals surface area contributed by atoms with Crippen LogP contribution in [0.2, 0.25) is 0 Å². The van der Waals surface area contributed by atoms with Gasteiger partial charge in [0.1, 0.15) is 11.6 Å². The summed E-state index contributed by atoms with van der Waals surface area (Å²) in [5, 5.41) is 21.3. The molecule has 0 spiro atoms. The fourth-order valence-electron chi connectivity index (χ4n) is 2.78. The Balaban J connectivity index is 0.00000240. The molecule has 1 amide bonds. The molecule has 0 fully saturated rings. The van der Waals surface area contributed by atoms with Crippen molar-refractivity contribution in [2.45, 2.75) is 19.4 Å². The Morgan fingerprint density at radius 3 is 2.52 bits per heavy atom. The van der Waals surface area contributed by atoms with E-state index in [1.165, 1.54) is 12.1 Å². The maximum absolute atomic E-state index is 13.1. The van der Waals surface area contributed by atoms with Crippen LogP contribution in [0.4, 0.5) is 10.2 Å². The number of hydrogen-bond donors (Lipinski definition) is 4. The van der Waals surface area contributed by atoms with Crippen LogP contribution in [0.25, 0.3) is 11.3 Å². The first-order chi connectivity index (χ1) is 13.9. The Bertz CT molecular complexity index is 1010. The zero-order valence-electron chi connectivity index (χ0n) is 16.5. The van der Waals surface area contributed by atoms with Gasteiger partial charge in [-0.1, -0.05) is 12.1 Å². The van der Waals surface area contributed by atoms with Crippen molar-refractivity contribution >= 4 is 42.5 Å². The van der Waals surface area contributed by atoms with E-state index in [0.717, 1.165) is 11.3 Å². The maximum Gasteiger partial charge on any atom is 0.317 e. The number of aliphatic carboxylic acids is 1. The van der Waals surface area contributed by atoms with E-state index in [0.29, 0.717) is 17.1 Å². The van der Waals surface area contributed by atoms with Crippen molar-refractivity contribution in [1.29, 1.82) is 0 Å². The monoisotopic (exact) mass is 469 g/mol. The highest BCUT2D eigenvalue weighted by molar-refractivity contribution is 5.95. The number of halogens is 3. The van der Waals surface area contributed by atoms with Crippen molar-refractivity contribution in [1.82, 2.24) is 20.5 Å². The van der Waals surface area contributed by atoms with Gasteiger partial charge in [-0.05, 0) is 43.2 Å². The second-order valence-electron chi connectivity index (χ2n) is 6.50. The van der Waals surface area contributed by atoms with Gasteiger partial charge in [0.05, 0.1) is 18.3 Å². The lowest BCUT2D eigenvalue weighted by molar-refractivity contribution is -0.136. The lowest BCUT2D eigenvalue weighted by Gasteiger charge is -2.17. The molecule has 0 aliphatic rings. The van der Waals surface area contributed by atoms with Crippen molar-refractivity contribution in [3.8, 4) is 11.3 Å². The van der Waals surface area contributed by atoms with Crippen molar-refractivity contribution < 1.29 is 19.1 Å². The summed E-state index contributed by atoms with van der Waals surface area (Å²) < 4.78 is 13.1. The highest BCUT2D eigenvalue weighted by Gasteiger charge is 2.20. The molecule has 2 aromatic heterocycles. The Hall–Kier alpha value is -3.01. The third kappa shape index (κ3) is 7.63. The van der Waals surface area contributed by atoms with Crippen molar-refractivity contribution in [2.75, 3.05) is 11.9 Å². The van der Waals surface area contributed by atoms with Crippen LogP contribution in [0, 0.1) is 12.7 Å². The fraction of sp³-hybridized carbons (Fsp3) is 0.200. The number of amides is 1. The second kappa shape index (κ2) is 12.0. The first-order valence-electron chi connectivity index (χ1n) is 8.89. The molecule has 3 aromatic rings. The Morgan fingerprint density at radius 1 is 1.16 bits per heavy atom. The molecule has 1 aromatic carbocycles. The van der Waals surface area contributed by atoms with E-state index in [2.05, 4.69) is 25.8 Å². The molecule has 3 rings (SSSR count). The van der Waals surface area contributed by atoms with Gasteiger partial charge >= 0.3 is 5.97 Å². The van der Waals surface area contributed by atoms with Crippen LogP contribution in [0.1, 0.15) is 11.3 Å². The van der Waals surface area contributed by atoms with Gasteiger partial charge in [0.15, 0.2) is 0 Å². The Labute approximate surface area is 190 Å². The summed E-state index contributed by atoms with van der Waals surface area (Å²) in [5.74, 6) is -1.53. The van der Waals surface area contributed by atoms with E-state index in [1.807, 2.05) is 13.0 Å². The molecule has 0 bridgehead atoms. The minimum absolute atomic E-state index is 0. The van der Waals surface area contributed by atoms with E-state index >= 15 is 0 Å². The zero-order chi connectivity index (χ0) is 20.8. The van der Waals surface area contributed by atoms with Gasteiger partial charge in [0.25, 0.3) is 0 Å². The summed E-state index contributed by atoms with van der Waals surface area (Å²) in [4.78, 5) is 27.7. The number of nitrogens with one attached hydrogen (secondary N) is 3. The molecule has 166 valence electrons. The molecule has 0 unspecified atom stereocenters. The summed E-state index contributed by atoms with van der Waals surface area (Å²) in [6.07, 6.45) is 1.87. The van der Waals surface area contributed by atoms with E-state index in [-0.39, 0.29) is 43.6 Å². The minimum Gasteiger partial charge on any atom is -0.480 e. The molecule has 0 aliphatic heterocycles. The largest absolute Gasteiger partial charge is 0.480 e. The lowest BCUT2D eigenvalue weighted by atomic mass is 10.1. The summed E-state index contributed by atoms with van der Waals surface area (Å²) in [7, 11) is 0. The van der Waals surface area contributed by atoms with Gasteiger partial charge in [0.2, 0.25) is 5.91 Å². The number of carbonyl (C=O) groups is 2. The topological polar surface area (TPSA) is 120 Å². The molecule has 31 heavy (non-hydrogen) atoms. The van der Waals surface area contributed by atoms with Crippen LogP contribution in [0.3, 0.4) is 0 Å². The molecule has 1 atom stereocenters. The van der Waals surface area contributed by atoms with Gasteiger partial charge in [-0.25, -0.2) is 4.39 Å². The number of benzene rings is 1. The molecule has 0 radical (unpaired) electrons. The lowest BCUT2D eigenvalue weighted by Crippen LogP contribution is -2.44. The summed E-state index contributed by atoms with van der Waals surface area (Å²) in [6, 6.07) is 10.2. The van der Waals surface area contributed by atoms with Crippen molar-refractivity contribution in [3.63, 3.8) is 0 Å². The number of carboxylic acid groups (broad SMARTS) is 1. The average Bonchev–Trinajstić information content (AvgIpc) is 3.15. The maximum atomic E-state index is 13.1. The Morgan fingerprint density at radius 2 is 1.87 bits per heavy atom. The molecular weight excluding hydrogens is 448 g/mol. The zero-order valence-corrected chi connectivity index (χ0v) is 18.1. The number of nitrogens with zero attached hydrogens (tertiary/aromatic N) is 2. The van der Waals surface area contributed by atoms with Crippen LogP contribution < -0.4 is 10.6 Å². The van der Waals surface area contributed by atoms with Crippen LogP contribution in [-0.2, 0) is 16.0 Å². The number of anilines is 1. The number of pyridine rings is 1. The first-order valence-corrected chi connectivity index (χ1v) is 8.89. The number of aromatic nitrogens is 3. The quantitative estimate of drug-likeness (QED) is 0.402. The van der Waals surface area contributed by atoms with E-state index < -0.39 is 17.9 Å². The summed E-state index contributed by atoms with van der Waals surface area (Å²) in [5.41, 5.74) is 3.02. The van der Waals surface area contributed by atoms with Gasteiger partial charge in [0, 0.05) is 23.5 Å². The van der Waals surface area contributed by atoms with Gasteiger partial charge in [-0.15, -0.1) is 24.8 Å². The van der Waals surface area contributed by atoms with E-state index in [4.69, 9.17) is 5.11 Å². The molecule has 8 nitrogen and oxygen atoms in total.